The highest BCUT2D eigenvalue weighted by Gasteiger charge is 2.33. The molecule has 1 aromatic carbocycles. The number of carbonyl (C=O) groups is 2. The van der Waals surface area contributed by atoms with Crippen LogP contribution in [0.5, 0.6) is 0 Å². The fourth-order valence-electron chi connectivity index (χ4n) is 3.75. The van der Waals surface area contributed by atoms with Gasteiger partial charge in [0, 0.05) is 44.7 Å². The number of fused-ring (bicyclic) bond motifs is 1. The fourth-order valence-corrected chi connectivity index (χ4v) is 3.75. The average molecular weight is 401 g/mol. The number of aromatic nitrogens is 2. The molecule has 1 unspecified atom stereocenters. The van der Waals surface area contributed by atoms with E-state index in [1.165, 1.54) is 17.9 Å². The summed E-state index contributed by atoms with van der Waals surface area (Å²) in [6.45, 7) is 6.05. The number of nitrogens with one attached hydrogen (secondary N) is 1. The molecule has 2 amide bonds. The summed E-state index contributed by atoms with van der Waals surface area (Å²) in [6, 6.07) is 4.79. The van der Waals surface area contributed by atoms with Gasteiger partial charge in [-0.1, -0.05) is 0 Å². The second-order valence-electron chi connectivity index (χ2n) is 7.32. The van der Waals surface area contributed by atoms with E-state index in [9.17, 15) is 14.0 Å². The average Bonchev–Trinajstić information content (AvgIpc) is 3.28. The highest BCUT2D eigenvalue weighted by atomic mass is 19.1. The summed E-state index contributed by atoms with van der Waals surface area (Å²) in [4.78, 5) is 26.6. The van der Waals surface area contributed by atoms with Crippen LogP contribution in [0.1, 0.15) is 25.1 Å². The van der Waals surface area contributed by atoms with Gasteiger partial charge in [-0.25, -0.2) is 9.18 Å². The highest BCUT2D eigenvalue weighted by molar-refractivity contribution is 5.90. The van der Waals surface area contributed by atoms with Crippen LogP contribution in [0, 0.1) is 5.82 Å². The number of ether oxygens (including phenoxy) is 1. The molecule has 1 saturated heterocycles. The first-order valence-corrected chi connectivity index (χ1v) is 9.77. The second-order valence-corrected chi connectivity index (χ2v) is 7.32. The van der Waals surface area contributed by atoms with Crippen LogP contribution < -0.4 is 15.1 Å². The zero-order chi connectivity index (χ0) is 20.5. The summed E-state index contributed by atoms with van der Waals surface area (Å²) in [5.41, 5.74) is 3.14. The van der Waals surface area contributed by atoms with E-state index in [4.69, 9.17) is 4.74 Å². The summed E-state index contributed by atoms with van der Waals surface area (Å²) >= 11 is 0. The summed E-state index contributed by atoms with van der Waals surface area (Å²) in [7, 11) is 0. The van der Waals surface area contributed by atoms with Crippen molar-refractivity contribution in [2.45, 2.75) is 39.5 Å². The molecule has 9 heteroatoms. The number of rotatable bonds is 5. The Morgan fingerprint density at radius 2 is 2.24 bits per heavy atom. The van der Waals surface area contributed by atoms with Crippen molar-refractivity contribution < 1.29 is 18.7 Å². The van der Waals surface area contributed by atoms with Crippen LogP contribution in [0.25, 0.3) is 0 Å². The minimum atomic E-state index is -0.540. The zero-order valence-corrected chi connectivity index (χ0v) is 16.5. The molecular formula is C20H24FN5O3. The first-order chi connectivity index (χ1) is 13.9. The van der Waals surface area contributed by atoms with Crippen LogP contribution >= 0.6 is 0 Å². The molecule has 154 valence electrons. The molecule has 2 aliphatic heterocycles. The normalized spacial score (nSPS) is 18.6. The minimum Gasteiger partial charge on any atom is -0.442 e. The van der Waals surface area contributed by atoms with E-state index >= 15 is 0 Å². The third-order valence-corrected chi connectivity index (χ3v) is 5.26. The molecule has 0 radical (unpaired) electrons. The monoisotopic (exact) mass is 401 g/mol. The van der Waals surface area contributed by atoms with Crippen molar-refractivity contribution in [3.8, 4) is 0 Å². The molecule has 0 aliphatic carbocycles. The molecule has 4 rings (SSSR count). The summed E-state index contributed by atoms with van der Waals surface area (Å²) in [5.74, 6) is -0.573. The van der Waals surface area contributed by atoms with Crippen molar-refractivity contribution in [3.63, 3.8) is 0 Å². The summed E-state index contributed by atoms with van der Waals surface area (Å²) < 4.78 is 22.1. The maximum absolute atomic E-state index is 14.9. The predicted octanol–water partition coefficient (Wildman–Crippen LogP) is 2.07. The molecule has 1 fully saturated rings. The Hall–Kier alpha value is -3.10. The van der Waals surface area contributed by atoms with Gasteiger partial charge >= 0.3 is 6.09 Å². The zero-order valence-electron chi connectivity index (χ0n) is 16.5. The Kier molecular flexibility index (Phi) is 5.12. The van der Waals surface area contributed by atoms with E-state index in [1.54, 1.807) is 12.1 Å². The lowest BCUT2D eigenvalue weighted by Crippen LogP contribution is -2.33. The van der Waals surface area contributed by atoms with E-state index in [-0.39, 0.29) is 24.8 Å². The molecule has 29 heavy (non-hydrogen) atoms. The molecule has 1 atom stereocenters. The Balaban J connectivity index is 1.47. The topological polar surface area (TPSA) is 79.7 Å². The first-order valence-electron chi connectivity index (χ1n) is 9.77. The third-order valence-electron chi connectivity index (χ3n) is 5.26. The lowest BCUT2D eigenvalue weighted by atomic mass is 10.1. The van der Waals surface area contributed by atoms with Crippen LogP contribution in [0.3, 0.4) is 0 Å². The number of hydrogen-bond donors (Lipinski definition) is 1. The van der Waals surface area contributed by atoms with Crippen molar-refractivity contribution in [1.82, 2.24) is 15.1 Å². The van der Waals surface area contributed by atoms with E-state index < -0.39 is 12.2 Å². The number of carbonyl (C=O) groups excluding carboxylic acids is 2. The molecular weight excluding hydrogens is 377 g/mol. The van der Waals surface area contributed by atoms with Gasteiger partial charge in [0.1, 0.15) is 11.9 Å². The van der Waals surface area contributed by atoms with Crippen LogP contribution in [-0.2, 0) is 29.0 Å². The standard InChI is InChI=1S/C20H24FN5O3/c1-3-25-11-14-10-24(7-6-18(14)23-25)19-5-4-15(8-17(19)21)26-12-16(29-20(26)28)9-22-13(2)27/h4-5,8,11,16H,3,6-7,9-10,12H2,1-2H3,(H,22,27). The SMILES string of the molecule is CCn1cc2c(n1)CCN(c1ccc(N3CC(CNC(C)=O)OC3=O)cc1F)C2. The number of hydrogen-bond acceptors (Lipinski definition) is 5. The first kappa shape index (κ1) is 19.2. The Morgan fingerprint density at radius 3 is 2.97 bits per heavy atom. The van der Waals surface area contributed by atoms with Gasteiger partial charge < -0.3 is 15.0 Å². The number of halogens is 1. The van der Waals surface area contributed by atoms with Crippen LogP contribution in [0.2, 0.25) is 0 Å². The van der Waals surface area contributed by atoms with Gasteiger partial charge in [-0.15, -0.1) is 0 Å². The quantitative estimate of drug-likeness (QED) is 0.830. The number of nitrogens with zero attached hydrogens (tertiary/aromatic N) is 4. The molecule has 0 bridgehead atoms. The lowest BCUT2D eigenvalue weighted by Gasteiger charge is -2.29. The maximum Gasteiger partial charge on any atom is 0.414 e. The molecule has 1 N–H and O–H groups in total. The van der Waals surface area contributed by atoms with E-state index in [0.29, 0.717) is 24.5 Å². The largest absolute Gasteiger partial charge is 0.442 e. The van der Waals surface area contributed by atoms with Crippen molar-refractivity contribution in [3.05, 3.63) is 41.5 Å². The van der Waals surface area contributed by atoms with Gasteiger partial charge in [0.15, 0.2) is 0 Å². The number of anilines is 2. The van der Waals surface area contributed by atoms with Crippen molar-refractivity contribution in [2.75, 3.05) is 29.4 Å². The second kappa shape index (κ2) is 7.73. The summed E-state index contributed by atoms with van der Waals surface area (Å²) in [5, 5.41) is 7.17. The van der Waals surface area contributed by atoms with Crippen molar-refractivity contribution >= 4 is 23.4 Å². The van der Waals surface area contributed by atoms with Gasteiger partial charge in [-0.3, -0.25) is 14.4 Å². The molecule has 3 heterocycles. The number of cyclic esters (lactones) is 1. The Labute approximate surface area is 168 Å². The van der Waals surface area contributed by atoms with Crippen molar-refractivity contribution in [1.29, 1.82) is 0 Å². The Morgan fingerprint density at radius 1 is 1.41 bits per heavy atom. The van der Waals surface area contributed by atoms with E-state index in [0.717, 1.165) is 24.2 Å². The highest BCUT2D eigenvalue weighted by Crippen LogP contribution is 2.30. The molecule has 8 nitrogen and oxygen atoms in total. The number of amides is 2. The van der Waals surface area contributed by atoms with Crippen molar-refractivity contribution in [2.24, 2.45) is 0 Å². The van der Waals surface area contributed by atoms with E-state index in [1.807, 2.05) is 22.7 Å². The van der Waals surface area contributed by atoms with Gasteiger partial charge in [-0.05, 0) is 25.1 Å². The molecule has 0 spiro atoms. The van der Waals surface area contributed by atoms with Gasteiger partial charge in [0.25, 0.3) is 0 Å². The summed E-state index contributed by atoms with van der Waals surface area (Å²) in [6.07, 6.45) is 1.79. The minimum absolute atomic E-state index is 0.191. The third kappa shape index (κ3) is 3.90. The van der Waals surface area contributed by atoms with Gasteiger partial charge in [-0.2, -0.15) is 5.10 Å². The predicted molar refractivity (Wildman–Crippen MR) is 105 cm³/mol. The van der Waals surface area contributed by atoms with Crippen LogP contribution in [-0.4, -0.2) is 47.5 Å². The van der Waals surface area contributed by atoms with E-state index in [2.05, 4.69) is 10.4 Å². The fraction of sp³-hybridized carbons (Fsp3) is 0.450. The molecule has 2 aliphatic rings. The number of aryl methyl sites for hydroxylation is 1. The van der Waals surface area contributed by atoms with Crippen LogP contribution in [0.4, 0.5) is 20.6 Å². The molecule has 2 aromatic rings. The van der Waals surface area contributed by atoms with Gasteiger partial charge in [0.2, 0.25) is 5.91 Å². The lowest BCUT2D eigenvalue weighted by molar-refractivity contribution is -0.119. The number of benzene rings is 1. The van der Waals surface area contributed by atoms with Crippen LogP contribution in [0.15, 0.2) is 24.4 Å². The smallest absolute Gasteiger partial charge is 0.414 e. The maximum atomic E-state index is 14.9. The van der Waals surface area contributed by atoms with Gasteiger partial charge in [0.05, 0.1) is 30.2 Å². The Bertz CT molecular complexity index is 944. The molecule has 0 saturated carbocycles. The molecule has 1 aromatic heterocycles.